The van der Waals surface area contributed by atoms with Gasteiger partial charge in [-0.1, -0.05) is 70.2 Å². The summed E-state index contributed by atoms with van der Waals surface area (Å²) in [7, 11) is 0. The molecule has 0 bridgehead atoms. The first-order valence-electron chi connectivity index (χ1n) is 13.3. The standard InChI is InChI=1S/C30H40I2N2O2/c1-21-15-23(9-5-7-13-31)17-25(29(21)35)19-33-27-11-3-4-12-28(27)34-20-26-18-24(10-6-8-14-32)16-22(2)30(26)36/h15-20,27-28,35-36H,3-14H2,1-2H3/b33-19+,34-20+. The highest BCUT2D eigenvalue weighted by Crippen LogP contribution is 2.28. The average molecular weight is 714 g/mol. The molecule has 0 amide bonds. The number of rotatable bonds is 12. The molecular formula is C30H40I2N2O2. The second kappa shape index (κ2) is 15.3. The highest BCUT2D eigenvalue weighted by molar-refractivity contribution is 14.1. The van der Waals surface area contributed by atoms with Gasteiger partial charge in [0.1, 0.15) is 11.5 Å². The molecule has 6 heteroatoms. The number of unbranched alkanes of at least 4 members (excludes halogenated alkanes) is 2. The molecule has 0 radical (unpaired) electrons. The van der Waals surface area contributed by atoms with Gasteiger partial charge in [-0.15, -0.1) is 0 Å². The lowest BCUT2D eigenvalue weighted by Gasteiger charge is -2.25. The molecule has 0 aliphatic heterocycles. The Labute approximate surface area is 244 Å². The summed E-state index contributed by atoms with van der Waals surface area (Å²) < 4.78 is 2.35. The van der Waals surface area contributed by atoms with E-state index in [1.165, 1.54) is 32.8 Å². The van der Waals surface area contributed by atoms with Crippen LogP contribution in [0.4, 0.5) is 0 Å². The molecule has 2 atom stereocenters. The number of alkyl halides is 2. The summed E-state index contributed by atoms with van der Waals surface area (Å²) in [5.74, 6) is 0.652. The van der Waals surface area contributed by atoms with Crippen molar-refractivity contribution in [2.75, 3.05) is 8.86 Å². The molecule has 0 saturated heterocycles. The number of aryl methyl sites for hydroxylation is 4. The maximum absolute atomic E-state index is 10.7. The van der Waals surface area contributed by atoms with Crippen LogP contribution in [0.5, 0.6) is 11.5 Å². The van der Waals surface area contributed by atoms with Crippen LogP contribution in [0.1, 0.15) is 84.7 Å². The Morgan fingerprint density at radius 3 is 1.53 bits per heavy atom. The van der Waals surface area contributed by atoms with Gasteiger partial charge in [0.25, 0.3) is 0 Å². The van der Waals surface area contributed by atoms with E-state index in [0.717, 1.165) is 73.6 Å². The van der Waals surface area contributed by atoms with Crippen LogP contribution >= 0.6 is 45.2 Å². The van der Waals surface area contributed by atoms with E-state index in [1.54, 1.807) is 0 Å². The molecule has 0 spiro atoms. The molecule has 0 aromatic heterocycles. The van der Waals surface area contributed by atoms with E-state index in [-0.39, 0.29) is 12.1 Å². The largest absolute Gasteiger partial charge is 0.507 e. The molecule has 3 rings (SSSR count). The zero-order valence-electron chi connectivity index (χ0n) is 21.6. The van der Waals surface area contributed by atoms with Gasteiger partial charge in [-0.2, -0.15) is 0 Å². The predicted molar refractivity (Wildman–Crippen MR) is 171 cm³/mol. The van der Waals surface area contributed by atoms with E-state index in [4.69, 9.17) is 9.98 Å². The van der Waals surface area contributed by atoms with Gasteiger partial charge in [0, 0.05) is 23.6 Å². The summed E-state index contributed by atoms with van der Waals surface area (Å²) >= 11 is 4.85. The zero-order valence-corrected chi connectivity index (χ0v) is 26.0. The van der Waals surface area contributed by atoms with Crippen molar-refractivity contribution in [2.45, 2.75) is 90.1 Å². The molecule has 4 nitrogen and oxygen atoms in total. The van der Waals surface area contributed by atoms with Gasteiger partial charge in [0.2, 0.25) is 0 Å². The zero-order chi connectivity index (χ0) is 25.9. The minimum atomic E-state index is 0.0902. The fourth-order valence-corrected chi connectivity index (χ4v) is 5.97. The number of nitrogens with zero attached hydrogens (tertiary/aromatic N) is 2. The fraction of sp³-hybridized carbons (Fsp3) is 0.533. The normalized spacial score (nSPS) is 18.4. The average Bonchev–Trinajstić information content (AvgIpc) is 2.87. The highest BCUT2D eigenvalue weighted by Gasteiger charge is 2.23. The van der Waals surface area contributed by atoms with Crippen molar-refractivity contribution in [3.05, 3.63) is 57.6 Å². The van der Waals surface area contributed by atoms with Crippen molar-refractivity contribution in [3.63, 3.8) is 0 Å². The number of benzene rings is 2. The fourth-order valence-electron chi connectivity index (χ4n) is 4.89. The van der Waals surface area contributed by atoms with E-state index in [2.05, 4.69) is 69.4 Å². The summed E-state index contributed by atoms with van der Waals surface area (Å²) in [6.45, 7) is 3.93. The molecule has 1 saturated carbocycles. The summed E-state index contributed by atoms with van der Waals surface area (Å²) in [6, 6.07) is 8.55. The van der Waals surface area contributed by atoms with Crippen LogP contribution in [-0.4, -0.2) is 43.6 Å². The van der Waals surface area contributed by atoms with Crippen LogP contribution in [0.2, 0.25) is 0 Å². The number of halogens is 2. The second-order valence-electron chi connectivity index (χ2n) is 9.97. The predicted octanol–water partition coefficient (Wildman–Crippen LogP) is 8.08. The van der Waals surface area contributed by atoms with Crippen LogP contribution < -0.4 is 0 Å². The Kier molecular flexibility index (Phi) is 12.5. The summed E-state index contributed by atoms with van der Waals surface area (Å²) in [5.41, 5.74) is 5.95. The third-order valence-corrected chi connectivity index (χ3v) is 8.51. The monoisotopic (exact) mass is 714 g/mol. The van der Waals surface area contributed by atoms with E-state index in [9.17, 15) is 10.2 Å². The quantitative estimate of drug-likeness (QED) is 0.101. The first kappa shape index (κ1) is 29.4. The number of aliphatic imine (C=N–C) groups is 2. The maximum Gasteiger partial charge on any atom is 0.127 e. The van der Waals surface area contributed by atoms with Gasteiger partial charge in [0.05, 0.1) is 12.1 Å². The molecule has 1 aliphatic carbocycles. The van der Waals surface area contributed by atoms with Gasteiger partial charge in [-0.25, -0.2) is 0 Å². The van der Waals surface area contributed by atoms with Crippen molar-refractivity contribution in [2.24, 2.45) is 9.98 Å². The lowest BCUT2D eigenvalue weighted by molar-refractivity contribution is 0.390. The summed E-state index contributed by atoms with van der Waals surface area (Å²) in [4.78, 5) is 9.86. The van der Waals surface area contributed by atoms with Crippen molar-refractivity contribution in [3.8, 4) is 11.5 Å². The molecule has 196 valence electrons. The molecular weight excluding hydrogens is 674 g/mol. The second-order valence-corrected chi connectivity index (χ2v) is 12.1. The van der Waals surface area contributed by atoms with Gasteiger partial charge in [-0.05, 0) is 108 Å². The first-order valence-corrected chi connectivity index (χ1v) is 16.3. The SMILES string of the molecule is Cc1cc(CCCCI)cc(/C=N/C2CCCCC2/N=C/c2cc(CCCCI)cc(C)c2O)c1O. The van der Waals surface area contributed by atoms with Crippen LogP contribution in [0.3, 0.4) is 0 Å². The number of hydrogen-bond donors (Lipinski definition) is 2. The Morgan fingerprint density at radius 1 is 0.722 bits per heavy atom. The first-order chi connectivity index (χ1) is 17.4. The Morgan fingerprint density at radius 2 is 1.14 bits per heavy atom. The smallest absolute Gasteiger partial charge is 0.127 e. The van der Waals surface area contributed by atoms with Crippen molar-refractivity contribution >= 4 is 57.6 Å². The molecule has 2 unspecified atom stereocenters. The van der Waals surface area contributed by atoms with Crippen molar-refractivity contribution < 1.29 is 10.2 Å². The molecule has 2 aromatic carbocycles. The number of phenols is 2. The van der Waals surface area contributed by atoms with Crippen LogP contribution in [0.15, 0.2) is 34.3 Å². The number of phenolic OH excluding ortho intramolecular Hbond substituents is 2. The molecule has 2 aromatic rings. The van der Waals surface area contributed by atoms with Crippen LogP contribution in [0.25, 0.3) is 0 Å². The number of hydrogen-bond acceptors (Lipinski definition) is 4. The Bertz CT molecular complexity index is 968. The third kappa shape index (κ3) is 8.71. The van der Waals surface area contributed by atoms with Crippen molar-refractivity contribution in [1.82, 2.24) is 0 Å². The summed E-state index contributed by atoms with van der Waals surface area (Å²) in [6.07, 6.45) is 14.8. The molecule has 36 heavy (non-hydrogen) atoms. The van der Waals surface area contributed by atoms with E-state index >= 15 is 0 Å². The molecule has 1 aliphatic rings. The Hall–Kier alpha value is -1.16. The molecule has 0 heterocycles. The highest BCUT2D eigenvalue weighted by atomic mass is 127. The summed E-state index contributed by atoms with van der Waals surface area (Å²) in [5, 5.41) is 21.3. The topological polar surface area (TPSA) is 65.2 Å². The van der Waals surface area contributed by atoms with E-state index in [0.29, 0.717) is 11.5 Å². The van der Waals surface area contributed by atoms with Gasteiger partial charge >= 0.3 is 0 Å². The van der Waals surface area contributed by atoms with E-state index in [1.807, 2.05) is 26.3 Å². The van der Waals surface area contributed by atoms with Crippen LogP contribution in [0, 0.1) is 13.8 Å². The van der Waals surface area contributed by atoms with Crippen molar-refractivity contribution in [1.29, 1.82) is 0 Å². The van der Waals surface area contributed by atoms with Gasteiger partial charge in [0.15, 0.2) is 0 Å². The third-order valence-electron chi connectivity index (χ3n) is 6.98. The molecule has 2 N–H and O–H groups in total. The minimum absolute atomic E-state index is 0.0902. The number of aromatic hydroxyl groups is 2. The van der Waals surface area contributed by atoms with Crippen LogP contribution in [-0.2, 0) is 12.8 Å². The molecule has 1 fully saturated rings. The minimum Gasteiger partial charge on any atom is -0.507 e. The lowest BCUT2D eigenvalue weighted by Crippen LogP contribution is -2.27. The lowest BCUT2D eigenvalue weighted by atomic mass is 9.91. The maximum atomic E-state index is 10.7. The van der Waals surface area contributed by atoms with E-state index < -0.39 is 0 Å². The van der Waals surface area contributed by atoms with Gasteiger partial charge in [-0.3, -0.25) is 9.98 Å². The Balaban J connectivity index is 1.76. The van der Waals surface area contributed by atoms with Gasteiger partial charge < -0.3 is 10.2 Å².